The summed E-state index contributed by atoms with van der Waals surface area (Å²) in [4.78, 5) is 12.4. The molecule has 3 aromatic rings. The summed E-state index contributed by atoms with van der Waals surface area (Å²) in [7, 11) is 0. The Bertz CT molecular complexity index is 960. The van der Waals surface area contributed by atoms with Gasteiger partial charge in [0.15, 0.2) is 6.10 Å². The van der Waals surface area contributed by atoms with Crippen LogP contribution in [0.15, 0.2) is 66.7 Å². The number of hydrogen-bond acceptors (Lipinski definition) is 3. The summed E-state index contributed by atoms with van der Waals surface area (Å²) < 4.78 is 11.3. The normalized spacial score (nSPS) is 11.6. The van der Waals surface area contributed by atoms with Crippen molar-refractivity contribution < 1.29 is 14.3 Å². The van der Waals surface area contributed by atoms with Gasteiger partial charge >= 0.3 is 0 Å². The van der Waals surface area contributed by atoms with Gasteiger partial charge in [-0.15, -0.1) is 0 Å². The lowest BCUT2D eigenvalue weighted by atomic mass is 10.2. The minimum Gasteiger partial charge on any atom is -0.479 e. The van der Waals surface area contributed by atoms with Crippen molar-refractivity contribution in [2.24, 2.45) is 0 Å². The molecule has 144 valence electrons. The van der Waals surface area contributed by atoms with Gasteiger partial charge in [0.1, 0.15) is 17.2 Å². The first-order valence-corrected chi connectivity index (χ1v) is 9.50. The molecule has 0 radical (unpaired) electrons. The Labute approximate surface area is 177 Å². The largest absolute Gasteiger partial charge is 0.479 e. The van der Waals surface area contributed by atoms with Gasteiger partial charge in [-0.3, -0.25) is 4.79 Å². The number of halogens is 3. The van der Waals surface area contributed by atoms with E-state index < -0.39 is 6.10 Å². The zero-order valence-electron chi connectivity index (χ0n) is 14.8. The molecule has 0 spiro atoms. The highest BCUT2D eigenvalue weighted by Crippen LogP contribution is 2.29. The second kappa shape index (κ2) is 9.20. The molecule has 0 fully saturated rings. The summed E-state index contributed by atoms with van der Waals surface area (Å²) in [6.45, 7) is 1.64. The number of nitrogens with one attached hydrogen (secondary N) is 1. The van der Waals surface area contributed by atoms with E-state index in [9.17, 15) is 4.79 Å². The first-order chi connectivity index (χ1) is 13.4. The summed E-state index contributed by atoms with van der Waals surface area (Å²) in [6.07, 6.45) is -0.747. The van der Waals surface area contributed by atoms with Gasteiger partial charge in [0, 0.05) is 15.7 Å². The minimum atomic E-state index is -0.747. The Morgan fingerprint density at radius 2 is 1.43 bits per heavy atom. The summed E-state index contributed by atoms with van der Waals surface area (Å²) in [5.74, 6) is 1.39. The van der Waals surface area contributed by atoms with E-state index in [1.54, 1.807) is 73.7 Å². The number of amides is 1. The molecule has 0 aliphatic carbocycles. The van der Waals surface area contributed by atoms with Crippen molar-refractivity contribution in [3.05, 3.63) is 81.8 Å². The van der Waals surface area contributed by atoms with Crippen molar-refractivity contribution in [2.45, 2.75) is 13.0 Å². The standard InChI is InChI=1S/C21H16Cl3NO3/c1-13(27-20-11-4-15(23)12-19(20)24)21(26)25-16-5-9-18(10-6-16)28-17-7-2-14(22)3-8-17/h2-13H,1H3,(H,25,26). The highest BCUT2D eigenvalue weighted by atomic mass is 35.5. The van der Waals surface area contributed by atoms with Crippen LogP contribution in [0.3, 0.4) is 0 Å². The highest BCUT2D eigenvalue weighted by Gasteiger charge is 2.16. The molecule has 0 aromatic heterocycles. The molecule has 3 rings (SSSR count). The molecule has 0 aliphatic rings. The second-order valence-corrected chi connectivity index (χ2v) is 7.18. The van der Waals surface area contributed by atoms with Gasteiger partial charge in [-0.1, -0.05) is 34.8 Å². The van der Waals surface area contributed by atoms with Gasteiger partial charge in [0.2, 0.25) is 0 Å². The van der Waals surface area contributed by atoms with Crippen LogP contribution in [0.25, 0.3) is 0 Å². The lowest BCUT2D eigenvalue weighted by molar-refractivity contribution is -0.122. The number of rotatable bonds is 6. The molecule has 7 heteroatoms. The van der Waals surface area contributed by atoms with E-state index in [0.29, 0.717) is 38.0 Å². The van der Waals surface area contributed by atoms with Crippen molar-refractivity contribution >= 4 is 46.4 Å². The number of carbonyl (C=O) groups is 1. The topological polar surface area (TPSA) is 47.6 Å². The SMILES string of the molecule is CC(Oc1ccc(Cl)cc1Cl)C(=O)Nc1ccc(Oc2ccc(Cl)cc2)cc1. The summed E-state index contributed by atoms with van der Waals surface area (Å²) in [6, 6.07) is 18.9. The van der Waals surface area contributed by atoms with Crippen LogP contribution in [-0.2, 0) is 4.79 Å². The van der Waals surface area contributed by atoms with Crippen LogP contribution in [0.2, 0.25) is 15.1 Å². The van der Waals surface area contributed by atoms with E-state index in [1.165, 1.54) is 0 Å². The second-order valence-electron chi connectivity index (χ2n) is 5.90. The molecule has 3 aromatic carbocycles. The van der Waals surface area contributed by atoms with E-state index in [1.807, 2.05) is 0 Å². The third-order valence-electron chi connectivity index (χ3n) is 3.74. The quantitative estimate of drug-likeness (QED) is 0.460. The molecule has 4 nitrogen and oxygen atoms in total. The minimum absolute atomic E-state index is 0.308. The van der Waals surface area contributed by atoms with Gasteiger partial charge in [0.25, 0.3) is 5.91 Å². The van der Waals surface area contributed by atoms with Crippen molar-refractivity contribution in [2.75, 3.05) is 5.32 Å². The van der Waals surface area contributed by atoms with E-state index >= 15 is 0 Å². The van der Waals surface area contributed by atoms with Crippen LogP contribution < -0.4 is 14.8 Å². The first kappa shape index (κ1) is 20.3. The fourth-order valence-corrected chi connectivity index (χ4v) is 2.88. The Balaban J connectivity index is 1.58. The van der Waals surface area contributed by atoms with Gasteiger partial charge in [-0.25, -0.2) is 0 Å². The maximum absolute atomic E-state index is 12.4. The average Bonchev–Trinajstić information content (AvgIpc) is 2.67. The van der Waals surface area contributed by atoms with Crippen LogP contribution in [0.1, 0.15) is 6.92 Å². The fourth-order valence-electron chi connectivity index (χ4n) is 2.30. The molecule has 0 saturated carbocycles. The van der Waals surface area contributed by atoms with Gasteiger partial charge < -0.3 is 14.8 Å². The van der Waals surface area contributed by atoms with Crippen LogP contribution in [0, 0.1) is 0 Å². The number of hydrogen-bond donors (Lipinski definition) is 1. The van der Waals surface area contributed by atoms with Crippen molar-refractivity contribution in [3.8, 4) is 17.2 Å². The molecular formula is C21H16Cl3NO3. The molecule has 1 unspecified atom stereocenters. The van der Waals surface area contributed by atoms with E-state index in [4.69, 9.17) is 44.3 Å². The number of benzene rings is 3. The highest BCUT2D eigenvalue weighted by molar-refractivity contribution is 6.35. The smallest absolute Gasteiger partial charge is 0.265 e. The first-order valence-electron chi connectivity index (χ1n) is 8.37. The fraction of sp³-hybridized carbons (Fsp3) is 0.0952. The van der Waals surface area contributed by atoms with Crippen LogP contribution in [-0.4, -0.2) is 12.0 Å². The predicted molar refractivity (Wildman–Crippen MR) is 113 cm³/mol. The lowest BCUT2D eigenvalue weighted by Crippen LogP contribution is -2.30. The Hall–Kier alpha value is -2.40. The predicted octanol–water partition coefficient (Wildman–Crippen LogP) is 6.85. The van der Waals surface area contributed by atoms with Gasteiger partial charge in [0.05, 0.1) is 5.02 Å². The summed E-state index contributed by atoms with van der Waals surface area (Å²) >= 11 is 17.8. The Kier molecular flexibility index (Phi) is 6.68. The van der Waals surface area contributed by atoms with E-state index in [-0.39, 0.29) is 5.91 Å². The molecule has 0 saturated heterocycles. The van der Waals surface area contributed by atoms with Crippen LogP contribution in [0.4, 0.5) is 5.69 Å². The molecule has 1 atom stereocenters. The Morgan fingerprint density at radius 1 is 0.857 bits per heavy atom. The molecule has 28 heavy (non-hydrogen) atoms. The molecular weight excluding hydrogens is 421 g/mol. The van der Waals surface area contributed by atoms with Crippen molar-refractivity contribution in [1.82, 2.24) is 0 Å². The van der Waals surface area contributed by atoms with E-state index in [2.05, 4.69) is 5.32 Å². The Morgan fingerprint density at radius 3 is 2.04 bits per heavy atom. The lowest BCUT2D eigenvalue weighted by Gasteiger charge is -2.16. The van der Waals surface area contributed by atoms with Gasteiger partial charge in [-0.05, 0) is 73.7 Å². The zero-order valence-corrected chi connectivity index (χ0v) is 17.1. The molecule has 0 bridgehead atoms. The molecule has 1 N–H and O–H groups in total. The summed E-state index contributed by atoms with van der Waals surface area (Å²) in [5.41, 5.74) is 0.617. The third kappa shape index (κ3) is 5.55. The number of ether oxygens (including phenoxy) is 2. The molecule has 1 amide bonds. The van der Waals surface area contributed by atoms with Crippen molar-refractivity contribution in [1.29, 1.82) is 0 Å². The number of carbonyl (C=O) groups excluding carboxylic acids is 1. The molecule has 0 heterocycles. The zero-order chi connectivity index (χ0) is 20.1. The number of anilines is 1. The third-order valence-corrected chi connectivity index (χ3v) is 4.52. The average molecular weight is 437 g/mol. The maximum Gasteiger partial charge on any atom is 0.265 e. The van der Waals surface area contributed by atoms with Crippen molar-refractivity contribution in [3.63, 3.8) is 0 Å². The van der Waals surface area contributed by atoms with Crippen LogP contribution in [0.5, 0.6) is 17.2 Å². The van der Waals surface area contributed by atoms with Crippen LogP contribution >= 0.6 is 34.8 Å². The van der Waals surface area contributed by atoms with Gasteiger partial charge in [-0.2, -0.15) is 0 Å². The van der Waals surface area contributed by atoms with E-state index in [0.717, 1.165) is 0 Å². The maximum atomic E-state index is 12.4. The monoisotopic (exact) mass is 435 g/mol. The molecule has 0 aliphatic heterocycles. The summed E-state index contributed by atoms with van der Waals surface area (Å²) in [5, 5.41) is 4.26.